The predicted octanol–water partition coefficient (Wildman–Crippen LogP) is 4.23. The van der Waals surface area contributed by atoms with Crippen LogP contribution in [-0.4, -0.2) is 24.2 Å². The number of nitrogens with zero attached hydrogens (tertiary/aromatic N) is 2. The summed E-state index contributed by atoms with van der Waals surface area (Å²) in [6.07, 6.45) is 3.06. The molecule has 0 fully saturated rings. The topological polar surface area (TPSA) is 94.2 Å². The summed E-state index contributed by atoms with van der Waals surface area (Å²) in [5, 5.41) is 12.0. The molecule has 2 heterocycles. The molecule has 132 valence electrons. The van der Waals surface area contributed by atoms with E-state index in [2.05, 4.69) is 4.72 Å². The van der Waals surface area contributed by atoms with E-state index in [-0.39, 0.29) is 11.0 Å². The molecule has 0 radical (unpaired) electrons. The lowest BCUT2D eigenvalue weighted by Crippen LogP contribution is -2.09. The van der Waals surface area contributed by atoms with Crippen LogP contribution >= 0.6 is 11.3 Å². The smallest absolute Gasteiger partial charge is 0.324 e. The van der Waals surface area contributed by atoms with Crippen LogP contribution in [0.5, 0.6) is 0 Å². The molecule has 1 N–H and O–H groups in total. The van der Waals surface area contributed by atoms with Crippen molar-refractivity contribution in [3.63, 3.8) is 0 Å². The molecule has 0 saturated carbocycles. The number of hydrogen-bond donors (Lipinski definition) is 1. The third-order valence-electron chi connectivity index (χ3n) is 3.73. The second-order valence-corrected chi connectivity index (χ2v) is 8.86. The first-order valence-corrected chi connectivity index (χ1v) is 10.2. The number of anilines is 1. The molecular weight excluding hydrogens is 362 g/mol. The van der Waals surface area contributed by atoms with Crippen molar-refractivity contribution in [2.24, 2.45) is 0 Å². The zero-order valence-corrected chi connectivity index (χ0v) is 15.5. The molecular formula is C16H17N3O4S2. The summed E-state index contributed by atoms with van der Waals surface area (Å²) in [5.41, 5.74) is 2.25. The number of sulfonamides is 1. The monoisotopic (exact) mass is 379 g/mol. The van der Waals surface area contributed by atoms with Crippen molar-refractivity contribution >= 4 is 43.0 Å². The van der Waals surface area contributed by atoms with Gasteiger partial charge in [-0.25, -0.2) is 8.42 Å². The van der Waals surface area contributed by atoms with Gasteiger partial charge >= 0.3 is 5.00 Å². The van der Waals surface area contributed by atoms with E-state index in [1.54, 1.807) is 18.2 Å². The molecule has 0 aliphatic carbocycles. The molecule has 0 aliphatic heterocycles. The third-order valence-corrected chi connectivity index (χ3v) is 5.41. The minimum absolute atomic E-state index is 0.0933. The molecule has 0 atom stereocenters. The molecule has 2 aromatic heterocycles. The predicted molar refractivity (Wildman–Crippen MR) is 101 cm³/mol. The number of fused-ring (bicyclic) bond motifs is 1. The van der Waals surface area contributed by atoms with Gasteiger partial charge in [0.15, 0.2) is 0 Å². The summed E-state index contributed by atoms with van der Waals surface area (Å²) in [5.74, 6) is 0. The number of nitro groups is 1. The average Bonchev–Trinajstić information content (AvgIpc) is 3.08. The normalized spacial score (nSPS) is 12.0. The fourth-order valence-electron chi connectivity index (χ4n) is 2.72. The highest BCUT2D eigenvalue weighted by molar-refractivity contribution is 7.92. The fraction of sp³-hybridized carbons (Fsp3) is 0.250. The van der Waals surface area contributed by atoms with Crippen molar-refractivity contribution in [1.29, 1.82) is 0 Å². The summed E-state index contributed by atoms with van der Waals surface area (Å²) in [6, 6.07) is 8.70. The van der Waals surface area contributed by atoms with Crippen LogP contribution in [0.3, 0.4) is 0 Å². The molecule has 7 nitrogen and oxygen atoms in total. The largest absolute Gasteiger partial charge is 0.344 e. The molecule has 0 saturated heterocycles. The number of rotatable bonds is 5. The summed E-state index contributed by atoms with van der Waals surface area (Å²) in [4.78, 5) is 11.4. The zero-order chi connectivity index (χ0) is 18.4. The summed E-state index contributed by atoms with van der Waals surface area (Å²) < 4.78 is 27.4. The lowest BCUT2D eigenvalue weighted by molar-refractivity contribution is -0.380. The van der Waals surface area contributed by atoms with Crippen molar-refractivity contribution < 1.29 is 13.3 Å². The van der Waals surface area contributed by atoms with E-state index < -0.39 is 14.9 Å². The second-order valence-electron chi connectivity index (χ2n) is 6.04. The van der Waals surface area contributed by atoms with Crippen molar-refractivity contribution in [2.75, 3.05) is 11.0 Å². The Bertz CT molecular complexity index is 1060. The van der Waals surface area contributed by atoms with Crippen LogP contribution in [0, 0.1) is 10.1 Å². The standard InChI is InChI=1S/C16H17N3O4S2/c1-10(2)18-9-13(15-6-7-16(24-15)19(20)21)12-5-4-11(8-14(12)18)17-25(3,22)23/h4-10,17H,1-3H3. The Kier molecular flexibility index (Phi) is 4.29. The Balaban J connectivity index is 2.18. The Hall–Kier alpha value is -2.39. The summed E-state index contributed by atoms with van der Waals surface area (Å²) >= 11 is 1.12. The van der Waals surface area contributed by atoms with Crippen LogP contribution in [0.2, 0.25) is 0 Å². The molecule has 9 heteroatoms. The molecule has 0 spiro atoms. The lowest BCUT2D eigenvalue weighted by Gasteiger charge is -2.10. The highest BCUT2D eigenvalue weighted by Crippen LogP contribution is 2.39. The van der Waals surface area contributed by atoms with E-state index >= 15 is 0 Å². The minimum atomic E-state index is -3.36. The van der Waals surface area contributed by atoms with Gasteiger partial charge in [-0.1, -0.05) is 17.4 Å². The van der Waals surface area contributed by atoms with Crippen LogP contribution in [0.4, 0.5) is 10.7 Å². The maximum Gasteiger partial charge on any atom is 0.324 e. The molecule has 0 aliphatic rings. The van der Waals surface area contributed by atoms with Gasteiger partial charge in [-0.15, -0.1) is 0 Å². The van der Waals surface area contributed by atoms with E-state index in [9.17, 15) is 18.5 Å². The maximum absolute atomic E-state index is 11.5. The average molecular weight is 379 g/mol. The summed E-state index contributed by atoms with van der Waals surface area (Å²) in [6.45, 7) is 4.05. The van der Waals surface area contributed by atoms with Crippen LogP contribution in [-0.2, 0) is 10.0 Å². The van der Waals surface area contributed by atoms with Crippen molar-refractivity contribution in [2.45, 2.75) is 19.9 Å². The van der Waals surface area contributed by atoms with Gasteiger partial charge in [0.25, 0.3) is 0 Å². The van der Waals surface area contributed by atoms with E-state index in [1.165, 1.54) is 6.07 Å². The van der Waals surface area contributed by atoms with Gasteiger partial charge in [-0.3, -0.25) is 14.8 Å². The first-order valence-electron chi connectivity index (χ1n) is 7.52. The first kappa shape index (κ1) is 17.4. The number of hydrogen-bond acceptors (Lipinski definition) is 5. The quantitative estimate of drug-likeness (QED) is 0.530. The molecule has 3 aromatic rings. The van der Waals surface area contributed by atoms with E-state index in [0.717, 1.165) is 38.9 Å². The highest BCUT2D eigenvalue weighted by Gasteiger charge is 2.17. The van der Waals surface area contributed by atoms with Crippen LogP contribution in [0.1, 0.15) is 19.9 Å². The Morgan fingerprint density at radius 2 is 1.96 bits per heavy atom. The highest BCUT2D eigenvalue weighted by atomic mass is 32.2. The van der Waals surface area contributed by atoms with Gasteiger partial charge in [-0.05, 0) is 32.0 Å². The third kappa shape index (κ3) is 3.52. The van der Waals surface area contributed by atoms with Crippen LogP contribution < -0.4 is 4.72 Å². The molecule has 1 aromatic carbocycles. The van der Waals surface area contributed by atoms with Crippen molar-refractivity contribution in [3.8, 4) is 10.4 Å². The lowest BCUT2D eigenvalue weighted by atomic mass is 10.1. The van der Waals surface area contributed by atoms with Gasteiger partial charge in [0.1, 0.15) is 0 Å². The fourth-order valence-corrected chi connectivity index (χ4v) is 4.12. The second kappa shape index (κ2) is 6.16. The number of nitrogens with one attached hydrogen (secondary N) is 1. The van der Waals surface area contributed by atoms with Gasteiger partial charge in [0.05, 0.1) is 22.4 Å². The SMILES string of the molecule is CC(C)n1cc(-c2ccc([N+](=O)[O-])s2)c2ccc(NS(C)(=O)=O)cc21. The van der Waals surface area contributed by atoms with Gasteiger partial charge in [0, 0.05) is 34.1 Å². The van der Waals surface area contributed by atoms with Crippen molar-refractivity contribution in [3.05, 3.63) is 46.6 Å². The van der Waals surface area contributed by atoms with Crippen LogP contribution in [0.25, 0.3) is 21.3 Å². The number of thiophene rings is 1. The summed E-state index contributed by atoms with van der Waals surface area (Å²) in [7, 11) is -3.36. The first-order chi connectivity index (χ1) is 11.7. The Labute approximate surface area is 149 Å². The minimum Gasteiger partial charge on any atom is -0.344 e. The number of benzene rings is 1. The van der Waals surface area contributed by atoms with E-state index in [1.807, 2.05) is 30.7 Å². The molecule has 0 unspecified atom stereocenters. The Morgan fingerprint density at radius 3 is 2.52 bits per heavy atom. The van der Waals surface area contributed by atoms with E-state index in [0.29, 0.717) is 5.69 Å². The van der Waals surface area contributed by atoms with Gasteiger partial charge in [0.2, 0.25) is 10.0 Å². The molecule has 0 amide bonds. The molecule has 0 bridgehead atoms. The number of aromatic nitrogens is 1. The Morgan fingerprint density at radius 1 is 1.24 bits per heavy atom. The zero-order valence-electron chi connectivity index (χ0n) is 13.9. The van der Waals surface area contributed by atoms with Crippen molar-refractivity contribution in [1.82, 2.24) is 4.57 Å². The van der Waals surface area contributed by atoms with Gasteiger partial charge in [-0.2, -0.15) is 0 Å². The van der Waals surface area contributed by atoms with E-state index in [4.69, 9.17) is 0 Å². The maximum atomic E-state index is 11.5. The van der Waals surface area contributed by atoms with Gasteiger partial charge < -0.3 is 4.57 Å². The molecule has 3 rings (SSSR count). The van der Waals surface area contributed by atoms with Crippen LogP contribution in [0.15, 0.2) is 36.5 Å². The molecule has 25 heavy (non-hydrogen) atoms.